The summed E-state index contributed by atoms with van der Waals surface area (Å²) < 4.78 is 65.4. The Labute approximate surface area is 205 Å². The first-order chi connectivity index (χ1) is 16.7. The average molecular weight is 506 g/mol. The van der Waals surface area contributed by atoms with Crippen molar-refractivity contribution in [2.45, 2.75) is 62.2 Å². The van der Waals surface area contributed by atoms with Gasteiger partial charge in [0.25, 0.3) is 0 Å². The number of halogens is 4. The van der Waals surface area contributed by atoms with Crippen LogP contribution in [0.15, 0.2) is 59.8 Å². The van der Waals surface area contributed by atoms with Gasteiger partial charge in [0.2, 0.25) is 0 Å². The molecule has 186 valence electrons. The van der Waals surface area contributed by atoms with Crippen LogP contribution in [0, 0.1) is 5.82 Å². The van der Waals surface area contributed by atoms with Gasteiger partial charge in [0, 0.05) is 12.6 Å². The van der Waals surface area contributed by atoms with Gasteiger partial charge in [-0.1, -0.05) is 24.3 Å². The van der Waals surface area contributed by atoms with Crippen LogP contribution in [0.2, 0.25) is 0 Å². The molecule has 0 amide bonds. The topological polar surface area (TPSA) is 52.1 Å². The second-order valence-corrected chi connectivity index (χ2v) is 10.2. The molecule has 0 radical (unpaired) electrons. The van der Waals surface area contributed by atoms with Crippen LogP contribution in [0.4, 0.5) is 23.4 Å². The van der Waals surface area contributed by atoms with E-state index >= 15 is 4.39 Å². The summed E-state index contributed by atoms with van der Waals surface area (Å²) in [5.74, 6) is -0.248. The maximum Gasteiger partial charge on any atom is 0.416 e. The van der Waals surface area contributed by atoms with E-state index in [0.717, 1.165) is 54.7 Å². The third-order valence-corrected chi connectivity index (χ3v) is 7.06. The Morgan fingerprint density at radius 2 is 1.57 bits per heavy atom. The molecule has 1 saturated carbocycles. The minimum absolute atomic E-state index is 0.120. The van der Waals surface area contributed by atoms with Gasteiger partial charge in [0.05, 0.1) is 11.3 Å². The standard InChI is InChI=1S/C26H27F4N3OS/c1-35(34)22-14-8-18(9-15-22)4-2-3-5-23-24(27)25(32-17-31-23)33(21-12-13-21)16-19-6-10-20(11-7-19)26(28,29)30/h6-11,14-15,17,21H,2-5,12-13,16H2,1H3. The number of aryl methyl sites for hydroxylation is 2. The highest BCUT2D eigenvalue weighted by atomic mass is 32.2. The number of alkyl halides is 3. The Balaban J connectivity index is 1.38. The third-order valence-electron chi connectivity index (χ3n) is 6.12. The van der Waals surface area contributed by atoms with Crippen molar-refractivity contribution in [1.29, 1.82) is 0 Å². The van der Waals surface area contributed by atoms with Crippen molar-refractivity contribution in [2.75, 3.05) is 11.2 Å². The van der Waals surface area contributed by atoms with Gasteiger partial charge in [-0.2, -0.15) is 13.2 Å². The predicted molar refractivity (Wildman–Crippen MR) is 128 cm³/mol. The van der Waals surface area contributed by atoms with Crippen LogP contribution in [-0.2, 0) is 36.7 Å². The van der Waals surface area contributed by atoms with E-state index in [1.54, 1.807) is 6.26 Å². The first kappa shape index (κ1) is 25.4. The summed E-state index contributed by atoms with van der Waals surface area (Å²) in [7, 11) is 0. The molecule has 0 bridgehead atoms. The lowest BCUT2D eigenvalue weighted by Gasteiger charge is -2.24. The van der Waals surface area contributed by atoms with Gasteiger partial charge in [0.1, 0.15) is 12.6 Å². The molecule has 0 spiro atoms. The predicted octanol–water partition coefficient (Wildman–Crippen LogP) is 6.11. The van der Waals surface area contributed by atoms with Crippen molar-refractivity contribution in [1.82, 2.24) is 9.97 Å². The number of rotatable bonds is 10. The Morgan fingerprint density at radius 1 is 0.943 bits per heavy atom. The van der Waals surface area contributed by atoms with Crippen LogP contribution in [0.3, 0.4) is 0 Å². The van der Waals surface area contributed by atoms with E-state index in [0.29, 0.717) is 17.7 Å². The zero-order valence-corrected chi connectivity index (χ0v) is 20.2. The molecular formula is C26H27F4N3OS. The minimum Gasteiger partial charge on any atom is -0.612 e. The normalized spacial score (nSPS) is 14.7. The zero-order chi connectivity index (χ0) is 25.0. The fraction of sp³-hybridized carbons (Fsp3) is 0.385. The first-order valence-corrected chi connectivity index (χ1v) is 13.1. The number of hydrogen-bond donors (Lipinski definition) is 0. The molecule has 1 atom stereocenters. The largest absolute Gasteiger partial charge is 0.612 e. The smallest absolute Gasteiger partial charge is 0.416 e. The van der Waals surface area contributed by atoms with E-state index < -0.39 is 28.7 Å². The van der Waals surface area contributed by atoms with E-state index in [4.69, 9.17) is 0 Å². The van der Waals surface area contributed by atoms with Gasteiger partial charge < -0.3 is 9.45 Å². The fourth-order valence-corrected chi connectivity index (χ4v) is 4.52. The second kappa shape index (κ2) is 11.0. The second-order valence-electron chi connectivity index (χ2n) is 8.82. The summed E-state index contributed by atoms with van der Waals surface area (Å²) in [5, 5.41) is 0. The van der Waals surface area contributed by atoms with Crippen molar-refractivity contribution in [2.24, 2.45) is 0 Å². The van der Waals surface area contributed by atoms with E-state index in [-0.39, 0.29) is 18.4 Å². The quantitative estimate of drug-likeness (QED) is 0.190. The zero-order valence-electron chi connectivity index (χ0n) is 19.4. The highest BCUT2D eigenvalue weighted by Crippen LogP contribution is 2.35. The molecule has 1 aromatic heterocycles. The van der Waals surface area contributed by atoms with Crippen LogP contribution in [0.5, 0.6) is 0 Å². The average Bonchev–Trinajstić information content (AvgIpc) is 3.67. The number of benzene rings is 2. The van der Waals surface area contributed by atoms with Crippen molar-refractivity contribution < 1.29 is 22.1 Å². The fourth-order valence-electron chi connectivity index (χ4n) is 4.00. The van der Waals surface area contributed by atoms with Crippen LogP contribution in [0.1, 0.15) is 48.1 Å². The van der Waals surface area contributed by atoms with E-state index in [9.17, 15) is 17.7 Å². The lowest BCUT2D eigenvalue weighted by atomic mass is 10.1. The summed E-state index contributed by atoms with van der Waals surface area (Å²) in [6.45, 7) is 0.286. The van der Waals surface area contributed by atoms with Gasteiger partial charge in [-0.15, -0.1) is 0 Å². The highest BCUT2D eigenvalue weighted by Gasteiger charge is 2.33. The first-order valence-electron chi connectivity index (χ1n) is 11.6. The number of anilines is 1. The monoisotopic (exact) mass is 505 g/mol. The van der Waals surface area contributed by atoms with Gasteiger partial charge in [-0.05, 0) is 85.1 Å². The third kappa shape index (κ3) is 6.73. The molecule has 0 aliphatic heterocycles. The molecular weight excluding hydrogens is 478 g/mol. The molecule has 1 unspecified atom stereocenters. The summed E-state index contributed by atoms with van der Waals surface area (Å²) in [5.41, 5.74) is 1.46. The minimum atomic E-state index is -4.39. The summed E-state index contributed by atoms with van der Waals surface area (Å²) in [6, 6.07) is 12.8. The van der Waals surface area contributed by atoms with Crippen LogP contribution in [0.25, 0.3) is 0 Å². The molecule has 4 rings (SSSR count). The molecule has 2 aromatic carbocycles. The number of nitrogens with zero attached hydrogens (tertiary/aromatic N) is 3. The molecule has 4 nitrogen and oxygen atoms in total. The summed E-state index contributed by atoms with van der Waals surface area (Å²) in [4.78, 5) is 11.0. The molecule has 1 fully saturated rings. The van der Waals surface area contributed by atoms with Crippen LogP contribution < -0.4 is 4.90 Å². The number of unbranched alkanes of at least 4 members (excludes halogenated alkanes) is 1. The van der Waals surface area contributed by atoms with Crippen molar-refractivity contribution >= 4 is 17.0 Å². The molecule has 0 saturated heterocycles. The number of aromatic nitrogens is 2. The van der Waals surface area contributed by atoms with Gasteiger partial charge >= 0.3 is 6.18 Å². The van der Waals surface area contributed by atoms with Crippen molar-refractivity contribution in [3.63, 3.8) is 0 Å². The Hall–Kier alpha value is -2.65. The lowest BCUT2D eigenvalue weighted by molar-refractivity contribution is -0.137. The Bertz CT molecular complexity index is 1120. The van der Waals surface area contributed by atoms with E-state index in [1.165, 1.54) is 18.5 Å². The maximum absolute atomic E-state index is 15.4. The number of hydrogen-bond acceptors (Lipinski definition) is 4. The molecule has 1 aliphatic rings. The van der Waals surface area contributed by atoms with Gasteiger partial charge in [-0.25, -0.2) is 14.4 Å². The van der Waals surface area contributed by atoms with E-state index in [2.05, 4.69) is 9.97 Å². The molecule has 9 heteroatoms. The van der Waals surface area contributed by atoms with Gasteiger partial charge in [-0.3, -0.25) is 0 Å². The Kier molecular flexibility index (Phi) is 7.96. The van der Waals surface area contributed by atoms with Crippen LogP contribution in [-0.4, -0.2) is 26.8 Å². The molecule has 35 heavy (non-hydrogen) atoms. The summed E-state index contributed by atoms with van der Waals surface area (Å²) >= 11 is -1.00. The maximum atomic E-state index is 15.4. The molecule has 0 N–H and O–H groups in total. The Morgan fingerprint density at radius 3 is 2.17 bits per heavy atom. The van der Waals surface area contributed by atoms with Crippen molar-refractivity contribution in [3.8, 4) is 0 Å². The summed E-state index contributed by atoms with van der Waals surface area (Å²) in [6.07, 6.45) is 3.31. The van der Waals surface area contributed by atoms with Crippen LogP contribution >= 0.6 is 0 Å². The SMILES string of the molecule is C[S+]([O-])c1ccc(CCCCc2ncnc(N(Cc3ccc(C(F)(F)F)cc3)C3CC3)c2F)cc1. The highest BCUT2D eigenvalue weighted by molar-refractivity contribution is 7.90. The molecule has 1 aliphatic carbocycles. The van der Waals surface area contributed by atoms with E-state index in [1.807, 2.05) is 29.2 Å². The van der Waals surface area contributed by atoms with Gasteiger partial charge in [0.15, 0.2) is 16.5 Å². The lowest BCUT2D eigenvalue weighted by Crippen LogP contribution is -2.27. The molecule has 1 heterocycles. The molecule has 3 aromatic rings. The van der Waals surface area contributed by atoms with Crippen molar-refractivity contribution in [3.05, 3.63) is 83.1 Å².